The summed E-state index contributed by atoms with van der Waals surface area (Å²) in [6, 6.07) is 41.0. The van der Waals surface area contributed by atoms with Crippen LogP contribution in [0.3, 0.4) is 0 Å². The Kier molecular flexibility index (Phi) is 13.5. The van der Waals surface area contributed by atoms with E-state index in [-0.39, 0.29) is 36.4 Å². The number of amides is 1. The summed E-state index contributed by atoms with van der Waals surface area (Å²) >= 11 is 0. The normalized spacial score (nSPS) is 22.4. The maximum Gasteiger partial charge on any atom is 0.410 e. The Hall–Kier alpha value is -4.05. The van der Waals surface area contributed by atoms with Gasteiger partial charge in [-0.1, -0.05) is 121 Å². The van der Waals surface area contributed by atoms with Gasteiger partial charge in [-0.05, 0) is 55.4 Å². The largest absolute Gasteiger partial charge is 0.444 e. The van der Waals surface area contributed by atoms with Crippen LogP contribution in [0.4, 0.5) is 4.79 Å². The summed E-state index contributed by atoms with van der Waals surface area (Å²) in [6.45, 7) is 10.7. The van der Waals surface area contributed by atoms with Gasteiger partial charge in [0, 0.05) is 26.2 Å². The zero-order valence-corrected chi connectivity index (χ0v) is 30.8. The Labute approximate surface area is 309 Å². The number of hydrogen-bond acceptors (Lipinski definition) is 7. The molecule has 52 heavy (non-hydrogen) atoms. The Morgan fingerprint density at radius 3 is 1.63 bits per heavy atom. The predicted octanol–water partition coefficient (Wildman–Crippen LogP) is 7.90. The Morgan fingerprint density at radius 1 is 0.635 bits per heavy atom. The first kappa shape index (κ1) is 37.7. The van der Waals surface area contributed by atoms with Gasteiger partial charge in [-0.2, -0.15) is 0 Å². The zero-order chi connectivity index (χ0) is 36.2. The van der Waals surface area contributed by atoms with Gasteiger partial charge in [-0.3, -0.25) is 4.90 Å². The summed E-state index contributed by atoms with van der Waals surface area (Å²) in [5, 5.41) is 0. The minimum Gasteiger partial charge on any atom is -0.444 e. The van der Waals surface area contributed by atoms with E-state index in [9.17, 15) is 4.79 Å². The van der Waals surface area contributed by atoms with Crippen molar-refractivity contribution in [3.05, 3.63) is 144 Å². The summed E-state index contributed by atoms with van der Waals surface area (Å²) in [5.41, 5.74) is 3.88. The lowest BCUT2D eigenvalue weighted by molar-refractivity contribution is -0.211. The molecule has 2 heterocycles. The Bertz CT molecular complexity index is 1620. The van der Waals surface area contributed by atoms with E-state index in [1.54, 1.807) is 0 Å². The molecule has 2 aliphatic rings. The van der Waals surface area contributed by atoms with Gasteiger partial charge in [0.25, 0.3) is 0 Å². The highest BCUT2D eigenvalue weighted by molar-refractivity contribution is 5.68. The molecule has 0 aromatic heterocycles. The molecule has 0 spiro atoms. The van der Waals surface area contributed by atoms with Gasteiger partial charge in [-0.25, -0.2) is 4.79 Å². The minimum absolute atomic E-state index is 0.125. The molecular weight excluding hydrogens is 652 g/mol. The molecule has 8 heteroatoms. The van der Waals surface area contributed by atoms with Gasteiger partial charge < -0.3 is 28.6 Å². The number of nitrogens with zero attached hydrogens (tertiary/aromatic N) is 2. The van der Waals surface area contributed by atoms with Crippen LogP contribution in [0.5, 0.6) is 0 Å². The third kappa shape index (κ3) is 11.2. The molecular formula is C44H54N2O6. The van der Waals surface area contributed by atoms with Crippen molar-refractivity contribution in [2.75, 3.05) is 32.8 Å². The maximum atomic E-state index is 13.0. The molecule has 8 nitrogen and oxygen atoms in total. The van der Waals surface area contributed by atoms with Crippen LogP contribution in [-0.2, 0) is 50.1 Å². The molecule has 0 unspecified atom stereocenters. The lowest BCUT2D eigenvalue weighted by atomic mass is 9.91. The van der Waals surface area contributed by atoms with Crippen molar-refractivity contribution in [3.63, 3.8) is 0 Å². The summed E-state index contributed by atoms with van der Waals surface area (Å²) < 4.78 is 32.9. The first-order valence-corrected chi connectivity index (χ1v) is 18.6. The van der Waals surface area contributed by atoms with Crippen LogP contribution in [0.2, 0.25) is 0 Å². The van der Waals surface area contributed by atoms with E-state index in [0.29, 0.717) is 52.7 Å². The zero-order valence-electron chi connectivity index (χ0n) is 30.8. The fraction of sp³-hybridized carbons (Fsp3) is 0.432. The molecule has 276 valence electrons. The average Bonchev–Trinajstić information content (AvgIpc) is 3.63. The van der Waals surface area contributed by atoms with Crippen molar-refractivity contribution < 1.29 is 28.5 Å². The van der Waals surface area contributed by atoms with Crippen molar-refractivity contribution in [1.82, 2.24) is 9.80 Å². The number of piperidine rings is 1. The second-order valence-electron chi connectivity index (χ2n) is 15.0. The first-order valence-electron chi connectivity index (χ1n) is 18.6. The van der Waals surface area contributed by atoms with Crippen molar-refractivity contribution in [2.24, 2.45) is 5.92 Å². The van der Waals surface area contributed by atoms with E-state index in [1.165, 1.54) is 0 Å². The van der Waals surface area contributed by atoms with Crippen LogP contribution in [0, 0.1) is 5.92 Å². The topological polar surface area (TPSA) is 69.7 Å². The van der Waals surface area contributed by atoms with Crippen molar-refractivity contribution in [1.29, 1.82) is 0 Å². The second kappa shape index (κ2) is 18.6. The van der Waals surface area contributed by atoms with Gasteiger partial charge in [0.1, 0.15) is 17.8 Å². The van der Waals surface area contributed by atoms with Crippen molar-refractivity contribution in [2.45, 2.75) is 83.6 Å². The van der Waals surface area contributed by atoms with Crippen LogP contribution in [-0.4, -0.2) is 78.6 Å². The molecule has 1 amide bonds. The van der Waals surface area contributed by atoms with Gasteiger partial charge in [0.15, 0.2) is 0 Å². The van der Waals surface area contributed by atoms with Gasteiger partial charge in [0.2, 0.25) is 0 Å². The van der Waals surface area contributed by atoms with E-state index < -0.39 is 5.60 Å². The molecule has 0 bridgehead atoms. The summed E-state index contributed by atoms with van der Waals surface area (Å²) in [4.78, 5) is 17.3. The number of ether oxygens (including phenoxy) is 5. The van der Waals surface area contributed by atoms with Crippen LogP contribution in [0.1, 0.15) is 49.4 Å². The summed E-state index contributed by atoms with van der Waals surface area (Å²) in [7, 11) is 0. The molecule has 4 aromatic rings. The molecule has 6 rings (SSSR count). The van der Waals surface area contributed by atoms with Crippen LogP contribution < -0.4 is 0 Å². The molecule has 2 saturated heterocycles. The number of carbonyl (C=O) groups is 1. The molecule has 0 radical (unpaired) electrons. The highest BCUT2D eigenvalue weighted by Crippen LogP contribution is 2.31. The highest BCUT2D eigenvalue weighted by Gasteiger charge is 2.47. The molecule has 2 fully saturated rings. The number of benzene rings is 4. The Morgan fingerprint density at radius 2 is 1.12 bits per heavy atom. The van der Waals surface area contributed by atoms with Crippen molar-refractivity contribution >= 4 is 6.09 Å². The number of hydrogen-bond donors (Lipinski definition) is 0. The second-order valence-corrected chi connectivity index (χ2v) is 15.0. The molecule has 4 aromatic carbocycles. The fourth-order valence-corrected chi connectivity index (χ4v) is 7.06. The fourth-order valence-electron chi connectivity index (χ4n) is 7.06. The van der Waals surface area contributed by atoms with Gasteiger partial charge >= 0.3 is 6.09 Å². The minimum atomic E-state index is -0.537. The predicted molar refractivity (Wildman–Crippen MR) is 202 cm³/mol. The summed E-state index contributed by atoms with van der Waals surface area (Å²) in [6.07, 6.45) is -0.363. The summed E-state index contributed by atoms with van der Waals surface area (Å²) in [5.74, 6) is 0.260. The monoisotopic (exact) mass is 706 g/mol. The number of likely N-dealkylation sites (tertiary alicyclic amines) is 2. The van der Waals surface area contributed by atoms with E-state index in [4.69, 9.17) is 23.7 Å². The van der Waals surface area contributed by atoms with E-state index in [1.807, 2.05) is 98.5 Å². The van der Waals surface area contributed by atoms with Gasteiger partial charge in [-0.15, -0.1) is 0 Å². The standard InChI is InChI=1S/C44H54N2O6/c1-44(2,3)52-43(47)45-25-24-38(26-45)27-46-28-40(49-30-35-18-10-5-11-19-35)42(51-32-37-22-14-7-15-23-37)41(50-31-36-20-12-6-13-21-36)39(46)33-48-29-34-16-8-4-9-17-34/h4-23,38-42H,24-33H2,1-3H3/t38-,39-,40-,41+,42+/m0/s1. The van der Waals surface area contributed by atoms with E-state index in [2.05, 4.69) is 53.4 Å². The maximum absolute atomic E-state index is 13.0. The van der Waals surface area contributed by atoms with E-state index >= 15 is 0 Å². The quantitative estimate of drug-likeness (QED) is 0.125. The first-order chi connectivity index (χ1) is 25.3. The molecule has 0 saturated carbocycles. The van der Waals surface area contributed by atoms with Crippen LogP contribution in [0.15, 0.2) is 121 Å². The third-order valence-electron chi connectivity index (χ3n) is 9.66. The van der Waals surface area contributed by atoms with Crippen LogP contribution >= 0.6 is 0 Å². The van der Waals surface area contributed by atoms with Crippen LogP contribution in [0.25, 0.3) is 0 Å². The molecule has 2 aliphatic heterocycles. The smallest absolute Gasteiger partial charge is 0.410 e. The highest BCUT2D eigenvalue weighted by atomic mass is 16.6. The lowest BCUT2D eigenvalue weighted by Crippen LogP contribution is -2.65. The molecule has 0 N–H and O–H groups in total. The average molecular weight is 707 g/mol. The Balaban J connectivity index is 1.28. The van der Waals surface area contributed by atoms with Gasteiger partial charge in [0.05, 0.1) is 45.2 Å². The van der Waals surface area contributed by atoms with E-state index in [0.717, 1.165) is 35.2 Å². The van der Waals surface area contributed by atoms with Crippen molar-refractivity contribution in [3.8, 4) is 0 Å². The number of rotatable bonds is 15. The molecule has 0 aliphatic carbocycles. The SMILES string of the molecule is CC(C)(C)OC(=O)N1CC[C@H](CN2C[C@H](OCc3ccccc3)[C@@H](OCc3ccccc3)[C@H](OCc3ccccc3)[C@@H]2COCc2ccccc2)C1. The molecule has 5 atom stereocenters. The third-order valence-corrected chi connectivity index (χ3v) is 9.66. The number of carbonyl (C=O) groups excluding carboxylic acids is 1. The lowest BCUT2D eigenvalue weighted by Gasteiger charge is -2.49.